The van der Waals surface area contributed by atoms with Crippen LogP contribution in [-0.2, 0) is 20.8 Å². The molecule has 3 heteroatoms. The summed E-state index contributed by atoms with van der Waals surface area (Å²) in [6.07, 6.45) is 4.52. The van der Waals surface area contributed by atoms with Crippen molar-refractivity contribution >= 4 is 23.1 Å². The first kappa shape index (κ1) is 16.0. The van der Waals surface area contributed by atoms with Gasteiger partial charge in [-0.15, -0.1) is 0 Å². The second-order valence-corrected chi connectivity index (χ2v) is 8.46. The van der Waals surface area contributed by atoms with Gasteiger partial charge in [-0.2, -0.15) is 0 Å². The summed E-state index contributed by atoms with van der Waals surface area (Å²) in [5.41, 5.74) is 8.04. The third-order valence-electron chi connectivity index (χ3n) is 3.33. The van der Waals surface area contributed by atoms with Crippen molar-refractivity contribution in [1.29, 1.82) is 0 Å². The average molecular weight is 381 g/mol. The fourth-order valence-electron chi connectivity index (χ4n) is 2.49. The van der Waals surface area contributed by atoms with Crippen molar-refractivity contribution in [2.24, 2.45) is 0 Å². The Bertz CT molecular complexity index is 633. The van der Waals surface area contributed by atoms with Gasteiger partial charge in [-0.3, -0.25) is 0 Å². The maximum absolute atomic E-state index is 4.93. The van der Waals surface area contributed by atoms with E-state index in [0.717, 1.165) is 0 Å². The second kappa shape index (κ2) is 7.59. The molecule has 0 fully saturated rings. The van der Waals surface area contributed by atoms with Crippen LogP contribution in [0.3, 0.4) is 0 Å². The topological polar surface area (TPSA) is 0 Å². The normalized spacial score (nSPS) is 12.1. The molecule has 0 unspecified atom stereocenters. The first-order chi connectivity index (χ1) is 9.67. The molecule has 0 nitrogen and oxygen atoms in total. The van der Waals surface area contributed by atoms with E-state index < -0.39 is 20.8 Å². The van der Waals surface area contributed by atoms with E-state index in [1.807, 2.05) is 0 Å². The molecule has 0 saturated carbocycles. The Hall–Kier alpha value is -0.357. The van der Waals surface area contributed by atoms with Gasteiger partial charge in [0, 0.05) is 6.42 Å². The van der Waals surface area contributed by atoms with Crippen LogP contribution in [0.25, 0.3) is 17.2 Å². The van der Waals surface area contributed by atoms with Gasteiger partial charge in [0.1, 0.15) is 0 Å². The molecule has 0 aromatic heterocycles. The predicted octanol–water partition coefficient (Wildman–Crippen LogP) is 6.01. The van der Waals surface area contributed by atoms with Crippen LogP contribution in [0.5, 0.6) is 0 Å². The first-order valence-corrected chi connectivity index (χ1v) is 12.7. The van der Waals surface area contributed by atoms with Gasteiger partial charge in [-0.1, -0.05) is 54.1 Å². The molecular formula is C17H15Cl2Zr. The van der Waals surface area contributed by atoms with Crippen molar-refractivity contribution in [3.63, 3.8) is 0 Å². The fourth-order valence-corrected chi connectivity index (χ4v) is 2.49. The molecule has 0 N–H and O–H groups in total. The summed E-state index contributed by atoms with van der Waals surface area (Å²) in [7, 11) is 9.87. The van der Waals surface area contributed by atoms with E-state index in [1.165, 1.54) is 33.4 Å². The molecule has 2 aromatic rings. The Morgan fingerprint density at radius 2 is 1.50 bits per heavy atom. The number of benzene rings is 2. The van der Waals surface area contributed by atoms with Gasteiger partial charge in [0.15, 0.2) is 0 Å². The molecule has 0 saturated heterocycles. The fraction of sp³-hybridized carbons (Fsp3) is 0.118. The molecular weight excluding hydrogens is 366 g/mol. The van der Waals surface area contributed by atoms with Crippen molar-refractivity contribution < 1.29 is 20.8 Å². The van der Waals surface area contributed by atoms with Gasteiger partial charge in [-0.25, -0.2) is 0 Å². The number of halogens is 2. The number of rotatable bonds is 1. The van der Waals surface area contributed by atoms with Crippen molar-refractivity contribution in [2.75, 3.05) is 0 Å². The molecule has 0 atom stereocenters. The van der Waals surface area contributed by atoms with Crippen molar-refractivity contribution in [2.45, 2.75) is 13.8 Å². The van der Waals surface area contributed by atoms with Crippen LogP contribution in [0.4, 0.5) is 0 Å². The summed E-state index contributed by atoms with van der Waals surface area (Å²) >= 11 is -0.826. The van der Waals surface area contributed by atoms with Gasteiger partial charge >= 0.3 is 37.9 Å². The van der Waals surface area contributed by atoms with Crippen LogP contribution in [0.1, 0.15) is 23.6 Å². The molecule has 1 radical (unpaired) electrons. The molecule has 0 bridgehead atoms. The maximum atomic E-state index is 4.93. The van der Waals surface area contributed by atoms with Crippen LogP contribution in [0, 0.1) is 13.3 Å². The molecule has 20 heavy (non-hydrogen) atoms. The Morgan fingerprint density at radius 1 is 0.850 bits per heavy atom. The zero-order chi connectivity index (χ0) is 14.5. The van der Waals surface area contributed by atoms with E-state index >= 15 is 0 Å². The Labute approximate surface area is 139 Å². The Balaban J connectivity index is 0.000000452. The Kier molecular flexibility index (Phi) is 6.08. The summed E-state index contributed by atoms with van der Waals surface area (Å²) in [4.78, 5) is 0. The molecule has 1 aliphatic rings. The molecule has 0 amide bonds. The summed E-state index contributed by atoms with van der Waals surface area (Å²) in [5.74, 6) is 0. The van der Waals surface area contributed by atoms with Crippen LogP contribution in [0.15, 0.2) is 48.0 Å². The molecule has 0 heterocycles. The summed E-state index contributed by atoms with van der Waals surface area (Å²) in [6, 6.07) is 15.1. The third-order valence-corrected chi connectivity index (χ3v) is 3.33. The van der Waals surface area contributed by atoms with E-state index in [2.05, 4.69) is 68.8 Å². The van der Waals surface area contributed by atoms with Gasteiger partial charge in [0.25, 0.3) is 0 Å². The summed E-state index contributed by atoms with van der Waals surface area (Å²) < 4.78 is 0. The number of hydrogen-bond acceptors (Lipinski definition) is 0. The van der Waals surface area contributed by atoms with Gasteiger partial charge < -0.3 is 0 Å². The van der Waals surface area contributed by atoms with Crippen molar-refractivity contribution in [3.05, 3.63) is 71.1 Å². The number of aryl methyl sites for hydroxylation is 1. The number of fused-ring (bicyclic) bond motifs is 1. The third kappa shape index (κ3) is 3.64. The summed E-state index contributed by atoms with van der Waals surface area (Å²) in [6.45, 7) is 4.32. The van der Waals surface area contributed by atoms with E-state index in [-0.39, 0.29) is 0 Å². The average Bonchev–Trinajstić information content (AvgIpc) is 2.80. The molecule has 0 spiro atoms. The van der Waals surface area contributed by atoms with E-state index in [1.54, 1.807) is 0 Å². The minimum atomic E-state index is -0.826. The SMILES string of the molecule is CC1=Cc2c(cccc2-c2ccccc2C)[CH]1.[Cl][Zr][Cl]. The van der Waals surface area contributed by atoms with Crippen LogP contribution in [0.2, 0.25) is 0 Å². The quantitative estimate of drug-likeness (QED) is 0.568. The molecule has 3 rings (SSSR count). The predicted molar refractivity (Wildman–Crippen MR) is 85.4 cm³/mol. The van der Waals surface area contributed by atoms with Gasteiger partial charge in [0.05, 0.1) is 0 Å². The second-order valence-electron chi connectivity index (χ2n) is 4.73. The molecule has 101 valence electrons. The van der Waals surface area contributed by atoms with Gasteiger partial charge in [-0.05, 0) is 41.7 Å². The van der Waals surface area contributed by atoms with E-state index in [4.69, 9.17) is 17.0 Å². The number of allylic oxidation sites excluding steroid dienone is 1. The van der Waals surface area contributed by atoms with E-state index in [9.17, 15) is 0 Å². The molecule has 2 aromatic carbocycles. The molecule has 1 aliphatic carbocycles. The Morgan fingerprint density at radius 3 is 2.20 bits per heavy atom. The first-order valence-electron chi connectivity index (χ1n) is 6.35. The van der Waals surface area contributed by atoms with Crippen molar-refractivity contribution in [3.8, 4) is 11.1 Å². The van der Waals surface area contributed by atoms with Gasteiger partial charge in [0.2, 0.25) is 0 Å². The summed E-state index contributed by atoms with van der Waals surface area (Å²) in [5, 5.41) is 0. The monoisotopic (exact) mass is 379 g/mol. The van der Waals surface area contributed by atoms with Crippen molar-refractivity contribution in [1.82, 2.24) is 0 Å². The zero-order valence-corrected chi connectivity index (χ0v) is 15.4. The minimum absolute atomic E-state index is 0.826. The molecule has 0 aliphatic heterocycles. The standard InChI is InChI=1S/C17H15.2ClH.Zr/c1-12-10-14-7-5-9-16(17(14)11-12)15-8-4-3-6-13(15)2;;;/h3-11H,1-2H3;2*1H;/q;;;+2/p-2. The zero-order valence-electron chi connectivity index (χ0n) is 11.5. The van der Waals surface area contributed by atoms with E-state index in [0.29, 0.717) is 0 Å². The number of hydrogen-bond donors (Lipinski definition) is 0. The van der Waals surface area contributed by atoms with Crippen LogP contribution >= 0.6 is 17.0 Å². The van der Waals surface area contributed by atoms with Crippen LogP contribution < -0.4 is 0 Å². The van der Waals surface area contributed by atoms with Crippen LogP contribution in [-0.4, -0.2) is 0 Å².